The zero-order valence-electron chi connectivity index (χ0n) is 10.6. The minimum atomic E-state index is 0.435. The zero-order valence-corrected chi connectivity index (χ0v) is 11.4. The Labute approximate surface area is 118 Å². The van der Waals surface area contributed by atoms with Crippen molar-refractivity contribution in [2.24, 2.45) is 0 Å². The van der Waals surface area contributed by atoms with Gasteiger partial charge in [0, 0.05) is 5.92 Å². The Bertz CT molecular complexity index is 727. The SMILES string of the molecule is Nc1nnn(Cc2noc(-c3cccs3)n2)c1C1CC1. The first-order valence-corrected chi connectivity index (χ1v) is 7.24. The molecule has 0 unspecified atom stereocenters. The van der Waals surface area contributed by atoms with E-state index in [4.69, 9.17) is 10.3 Å². The first kappa shape index (κ1) is 11.6. The van der Waals surface area contributed by atoms with E-state index in [1.807, 2.05) is 17.5 Å². The van der Waals surface area contributed by atoms with E-state index in [1.165, 1.54) is 0 Å². The molecule has 2 N–H and O–H groups in total. The second kappa shape index (κ2) is 4.41. The third kappa shape index (κ3) is 1.97. The number of rotatable bonds is 4. The molecule has 3 aromatic rings. The molecule has 8 heteroatoms. The summed E-state index contributed by atoms with van der Waals surface area (Å²) in [6.07, 6.45) is 2.29. The van der Waals surface area contributed by atoms with Gasteiger partial charge in [-0.25, -0.2) is 4.68 Å². The Kier molecular flexibility index (Phi) is 2.56. The predicted molar refractivity (Wildman–Crippen MR) is 73.1 cm³/mol. The lowest BCUT2D eigenvalue weighted by Gasteiger charge is -2.01. The largest absolute Gasteiger partial charge is 0.381 e. The Morgan fingerprint density at radius 1 is 1.45 bits per heavy atom. The Balaban J connectivity index is 1.60. The molecule has 102 valence electrons. The van der Waals surface area contributed by atoms with Crippen molar-refractivity contribution in [3.05, 3.63) is 29.0 Å². The molecule has 0 spiro atoms. The molecule has 7 nitrogen and oxygen atoms in total. The normalized spacial score (nSPS) is 14.8. The van der Waals surface area contributed by atoms with Crippen LogP contribution >= 0.6 is 11.3 Å². The van der Waals surface area contributed by atoms with E-state index >= 15 is 0 Å². The lowest BCUT2D eigenvalue weighted by molar-refractivity contribution is 0.418. The van der Waals surface area contributed by atoms with Crippen LogP contribution in [0.1, 0.15) is 30.3 Å². The van der Waals surface area contributed by atoms with Gasteiger partial charge in [0.05, 0.1) is 10.6 Å². The average molecular weight is 288 g/mol. The van der Waals surface area contributed by atoms with Crippen molar-refractivity contribution in [2.45, 2.75) is 25.3 Å². The summed E-state index contributed by atoms with van der Waals surface area (Å²) in [5.74, 6) is 2.11. The van der Waals surface area contributed by atoms with E-state index in [-0.39, 0.29) is 0 Å². The van der Waals surface area contributed by atoms with Crippen molar-refractivity contribution >= 4 is 17.2 Å². The lowest BCUT2D eigenvalue weighted by atomic mass is 10.3. The highest BCUT2D eigenvalue weighted by Crippen LogP contribution is 2.42. The van der Waals surface area contributed by atoms with Crippen LogP contribution in [0, 0.1) is 0 Å². The van der Waals surface area contributed by atoms with Crippen molar-refractivity contribution in [2.75, 3.05) is 5.73 Å². The van der Waals surface area contributed by atoms with Crippen molar-refractivity contribution < 1.29 is 4.52 Å². The van der Waals surface area contributed by atoms with Crippen molar-refractivity contribution in [3.63, 3.8) is 0 Å². The monoisotopic (exact) mass is 288 g/mol. The van der Waals surface area contributed by atoms with Gasteiger partial charge in [0.25, 0.3) is 5.89 Å². The highest BCUT2D eigenvalue weighted by molar-refractivity contribution is 7.13. The molecule has 20 heavy (non-hydrogen) atoms. The molecule has 0 bridgehead atoms. The summed E-state index contributed by atoms with van der Waals surface area (Å²) in [5, 5.41) is 14.0. The molecular weight excluding hydrogens is 276 g/mol. The lowest BCUT2D eigenvalue weighted by Crippen LogP contribution is -2.07. The summed E-state index contributed by atoms with van der Waals surface area (Å²) < 4.78 is 7.03. The Morgan fingerprint density at radius 3 is 3.10 bits per heavy atom. The molecule has 0 atom stereocenters. The fourth-order valence-corrected chi connectivity index (χ4v) is 2.82. The third-order valence-corrected chi connectivity index (χ3v) is 4.11. The van der Waals surface area contributed by atoms with Gasteiger partial charge in [-0.05, 0) is 24.3 Å². The van der Waals surface area contributed by atoms with Gasteiger partial charge in [-0.1, -0.05) is 16.4 Å². The van der Waals surface area contributed by atoms with E-state index < -0.39 is 0 Å². The number of nitrogen functional groups attached to an aromatic ring is 1. The van der Waals surface area contributed by atoms with Gasteiger partial charge in [0.2, 0.25) is 0 Å². The topological polar surface area (TPSA) is 95.7 Å². The summed E-state index contributed by atoms with van der Waals surface area (Å²) >= 11 is 1.57. The number of nitrogens with two attached hydrogens (primary N) is 1. The number of aromatic nitrogens is 5. The van der Waals surface area contributed by atoms with E-state index in [1.54, 1.807) is 16.0 Å². The molecule has 0 radical (unpaired) electrons. The number of hydrogen-bond acceptors (Lipinski definition) is 7. The maximum absolute atomic E-state index is 5.86. The average Bonchev–Trinajstić information content (AvgIpc) is 2.88. The second-order valence-corrected chi connectivity index (χ2v) is 5.73. The molecule has 0 aliphatic heterocycles. The minimum absolute atomic E-state index is 0.435. The highest BCUT2D eigenvalue weighted by atomic mass is 32.1. The van der Waals surface area contributed by atoms with Gasteiger partial charge in [-0.15, -0.1) is 16.4 Å². The molecule has 1 aliphatic carbocycles. The van der Waals surface area contributed by atoms with Crippen molar-refractivity contribution in [1.29, 1.82) is 0 Å². The maximum atomic E-state index is 5.86. The minimum Gasteiger partial charge on any atom is -0.381 e. The summed E-state index contributed by atoms with van der Waals surface area (Å²) in [6.45, 7) is 0.435. The molecule has 3 aromatic heterocycles. The van der Waals surface area contributed by atoms with Crippen LogP contribution in [0.3, 0.4) is 0 Å². The van der Waals surface area contributed by atoms with Crippen LogP contribution in [0.4, 0.5) is 5.82 Å². The molecule has 1 fully saturated rings. The van der Waals surface area contributed by atoms with Crippen LogP contribution in [0.5, 0.6) is 0 Å². The molecule has 3 heterocycles. The zero-order chi connectivity index (χ0) is 13.5. The van der Waals surface area contributed by atoms with Crippen molar-refractivity contribution in [3.8, 4) is 10.8 Å². The summed E-state index contributed by atoms with van der Waals surface area (Å²) in [6, 6.07) is 3.90. The number of thiophene rings is 1. The molecule has 1 saturated carbocycles. The molecular formula is C12H12N6OS. The van der Waals surface area contributed by atoms with Gasteiger partial charge in [-0.2, -0.15) is 4.98 Å². The first-order chi connectivity index (χ1) is 9.81. The summed E-state index contributed by atoms with van der Waals surface area (Å²) in [5.41, 5.74) is 6.85. The van der Waals surface area contributed by atoms with E-state index in [2.05, 4.69) is 20.5 Å². The van der Waals surface area contributed by atoms with Crippen LogP contribution in [0.2, 0.25) is 0 Å². The van der Waals surface area contributed by atoms with Crippen LogP contribution < -0.4 is 5.73 Å². The van der Waals surface area contributed by atoms with E-state index in [9.17, 15) is 0 Å². The molecule has 0 amide bonds. The predicted octanol–water partition coefficient (Wildman–Crippen LogP) is 1.90. The first-order valence-electron chi connectivity index (χ1n) is 6.36. The van der Waals surface area contributed by atoms with E-state index in [0.717, 1.165) is 23.4 Å². The van der Waals surface area contributed by atoms with Crippen LogP contribution in [-0.2, 0) is 6.54 Å². The Morgan fingerprint density at radius 2 is 2.35 bits per heavy atom. The van der Waals surface area contributed by atoms with E-state index in [0.29, 0.717) is 30.0 Å². The molecule has 4 rings (SSSR count). The highest BCUT2D eigenvalue weighted by Gasteiger charge is 2.31. The number of hydrogen-bond donors (Lipinski definition) is 1. The molecule has 1 aliphatic rings. The summed E-state index contributed by atoms with van der Waals surface area (Å²) in [7, 11) is 0. The van der Waals surface area contributed by atoms with Crippen molar-refractivity contribution in [1.82, 2.24) is 25.1 Å². The standard InChI is InChI=1S/C12H12N6OS/c13-11-10(7-3-4-7)18(17-15-11)6-9-14-12(19-16-9)8-2-1-5-20-8/h1-2,5,7H,3-4,6,13H2. The van der Waals surface area contributed by atoms with Crippen LogP contribution in [0.15, 0.2) is 22.0 Å². The van der Waals surface area contributed by atoms with Gasteiger partial charge < -0.3 is 10.3 Å². The third-order valence-electron chi connectivity index (χ3n) is 3.26. The smallest absolute Gasteiger partial charge is 0.268 e. The quantitative estimate of drug-likeness (QED) is 0.787. The van der Waals surface area contributed by atoms with Gasteiger partial charge in [0.15, 0.2) is 11.6 Å². The van der Waals surface area contributed by atoms with Gasteiger partial charge >= 0.3 is 0 Å². The van der Waals surface area contributed by atoms with Gasteiger partial charge in [0.1, 0.15) is 6.54 Å². The van der Waals surface area contributed by atoms with Crippen LogP contribution in [0.25, 0.3) is 10.8 Å². The Hall–Kier alpha value is -2.22. The molecule has 0 aromatic carbocycles. The number of anilines is 1. The second-order valence-electron chi connectivity index (χ2n) is 4.78. The molecule has 0 saturated heterocycles. The maximum Gasteiger partial charge on any atom is 0.268 e. The fourth-order valence-electron chi connectivity index (χ4n) is 2.18. The fraction of sp³-hybridized carbons (Fsp3) is 0.333. The summed E-state index contributed by atoms with van der Waals surface area (Å²) in [4.78, 5) is 5.34. The number of nitrogens with zero attached hydrogens (tertiary/aromatic N) is 5. The van der Waals surface area contributed by atoms with Gasteiger partial charge in [-0.3, -0.25) is 0 Å². The van der Waals surface area contributed by atoms with Crippen LogP contribution in [-0.4, -0.2) is 25.1 Å².